The molecule has 34 heavy (non-hydrogen) atoms. The molecule has 0 saturated carbocycles. The van der Waals surface area contributed by atoms with Crippen LogP contribution in [0.4, 0.5) is 5.82 Å². The third-order valence-electron chi connectivity index (χ3n) is 6.01. The molecule has 0 bridgehead atoms. The maximum atomic E-state index is 13.0. The van der Waals surface area contributed by atoms with E-state index in [0.29, 0.717) is 38.3 Å². The van der Waals surface area contributed by atoms with Gasteiger partial charge in [0, 0.05) is 43.9 Å². The molecule has 3 aromatic rings. The Morgan fingerprint density at radius 2 is 1.65 bits per heavy atom. The van der Waals surface area contributed by atoms with E-state index in [1.165, 1.54) is 0 Å². The van der Waals surface area contributed by atoms with Crippen LogP contribution in [0.2, 0.25) is 0 Å². The predicted octanol–water partition coefficient (Wildman–Crippen LogP) is 3.43. The van der Waals surface area contributed by atoms with Crippen molar-refractivity contribution in [1.29, 1.82) is 0 Å². The number of hydrogen-bond acceptors (Lipinski definition) is 5. The lowest BCUT2D eigenvalue weighted by Gasteiger charge is -2.36. The molecule has 1 fully saturated rings. The number of hydrogen-bond donors (Lipinski definition) is 0. The van der Waals surface area contributed by atoms with E-state index in [9.17, 15) is 9.59 Å². The molecule has 1 aliphatic rings. The van der Waals surface area contributed by atoms with Crippen molar-refractivity contribution in [2.75, 3.05) is 44.2 Å². The van der Waals surface area contributed by atoms with Crippen molar-refractivity contribution in [3.8, 4) is 11.3 Å². The molecule has 0 atom stereocenters. The number of carbonyl (C=O) groups excluding carboxylic acids is 2. The first kappa shape index (κ1) is 23.2. The lowest BCUT2D eigenvalue weighted by Crippen LogP contribution is -2.52. The van der Waals surface area contributed by atoms with E-state index >= 15 is 0 Å². The van der Waals surface area contributed by atoms with E-state index in [1.54, 1.807) is 17.0 Å². The van der Waals surface area contributed by atoms with Crippen molar-refractivity contribution in [2.45, 2.75) is 6.92 Å². The lowest BCUT2D eigenvalue weighted by atomic mass is 10.1. The Labute approximate surface area is 200 Å². The van der Waals surface area contributed by atoms with Crippen molar-refractivity contribution in [1.82, 2.24) is 20.0 Å². The van der Waals surface area contributed by atoms with Gasteiger partial charge in [-0.15, -0.1) is 16.8 Å². The van der Waals surface area contributed by atoms with Gasteiger partial charge in [-0.25, -0.2) is 0 Å². The smallest absolute Gasteiger partial charge is 0.254 e. The van der Waals surface area contributed by atoms with Crippen LogP contribution in [0.1, 0.15) is 15.9 Å². The minimum atomic E-state index is -0.154. The van der Waals surface area contributed by atoms with Gasteiger partial charge in [-0.2, -0.15) is 0 Å². The number of rotatable bonds is 7. The summed E-state index contributed by atoms with van der Waals surface area (Å²) in [5.41, 5.74) is 3.36. The number of amides is 2. The molecule has 7 heteroatoms. The molecule has 2 amide bonds. The summed E-state index contributed by atoms with van der Waals surface area (Å²) in [6.07, 6.45) is 1.65. The predicted molar refractivity (Wildman–Crippen MR) is 134 cm³/mol. The minimum Gasteiger partial charge on any atom is -0.352 e. The average molecular weight is 456 g/mol. The molecule has 0 spiro atoms. The second-order valence-electron chi connectivity index (χ2n) is 8.30. The molecular formula is C27H29N5O2. The highest BCUT2D eigenvalue weighted by atomic mass is 16.2. The summed E-state index contributed by atoms with van der Waals surface area (Å²) in [6, 6.07) is 21.3. The molecule has 1 aromatic heterocycles. The van der Waals surface area contributed by atoms with Gasteiger partial charge in [0.15, 0.2) is 5.82 Å². The molecule has 1 aliphatic heterocycles. The number of aryl methyl sites for hydroxylation is 1. The second-order valence-corrected chi connectivity index (χ2v) is 8.30. The van der Waals surface area contributed by atoms with E-state index in [1.807, 2.05) is 72.5 Å². The SMILES string of the molecule is C=CCN(CC(=O)N1CCN(c2ccc(-c3ccccc3)nn2)CC1)C(=O)c1ccccc1C. The zero-order valence-corrected chi connectivity index (χ0v) is 19.4. The minimum absolute atomic E-state index is 0.0325. The maximum Gasteiger partial charge on any atom is 0.254 e. The van der Waals surface area contributed by atoms with Crippen molar-refractivity contribution in [2.24, 2.45) is 0 Å². The summed E-state index contributed by atoms with van der Waals surface area (Å²) in [5, 5.41) is 8.76. The van der Waals surface area contributed by atoms with Gasteiger partial charge in [-0.05, 0) is 30.7 Å². The fraction of sp³-hybridized carbons (Fsp3) is 0.259. The first-order valence-corrected chi connectivity index (χ1v) is 11.4. The van der Waals surface area contributed by atoms with E-state index in [2.05, 4.69) is 21.7 Å². The summed E-state index contributed by atoms with van der Waals surface area (Å²) in [5.74, 6) is 0.586. The summed E-state index contributed by atoms with van der Waals surface area (Å²) in [6.45, 7) is 8.47. The van der Waals surface area contributed by atoms with Gasteiger partial charge < -0.3 is 14.7 Å². The Kier molecular flexibility index (Phi) is 7.32. The fourth-order valence-corrected chi connectivity index (χ4v) is 4.06. The zero-order chi connectivity index (χ0) is 23.9. The molecule has 2 heterocycles. The fourth-order valence-electron chi connectivity index (χ4n) is 4.06. The third-order valence-corrected chi connectivity index (χ3v) is 6.01. The molecule has 0 N–H and O–H groups in total. The van der Waals surface area contributed by atoms with E-state index in [0.717, 1.165) is 22.6 Å². The topological polar surface area (TPSA) is 69.6 Å². The summed E-state index contributed by atoms with van der Waals surface area (Å²) < 4.78 is 0. The zero-order valence-electron chi connectivity index (χ0n) is 19.4. The van der Waals surface area contributed by atoms with Crippen molar-refractivity contribution in [3.63, 3.8) is 0 Å². The molecule has 2 aromatic carbocycles. The molecule has 0 aliphatic carbocycles. The maximum absolute atomic E-state index is 13.0. The number of anilines is 1. The Morgan fingerprint density at radius 3 is 2.29 bits per heavy atom. The lowest BCUT2D eigenvalue weighted by molar-refractivity contribution is -0.132. The van der Waals surface area contributed by atoms with Crippen LogP contribution in [0.15, 0.2) is 79.4 Å². The highest BCUT2D eigenvalue weighted by Gasteiger charge is 2.26. The largest absolute Gasteiger partial charge is 0.352 e. The Bertz CT molecular complexity index is 1140. The Balaban J connectivity index is 1.35. The Hall–Kier alpha value is -4.00. The highest BCUT2D eigenvalue weighted by molar-refractivity contribution is 5.97. The Morgan fingerprint density at radius 1 is 0.941 bits per heavy atom. The average Bonchev–Trinajstić information content (AvgIpc) is 2.89. The summed E-state index contributed by atoms with van der Waals surface area (Å²) in [7, 11) is 0. The number of piperazine rings is 1. The molecule has 7 nitrogen and oxygen atoms in total. The van der Waals surface area contributed by atoms with Crippen LogP contribution < -0.4 is 4.90 Å². The van der Waals surface area contributed by atoms with Gasteiger partial charge >= 0.3 is 0 Å². The first-order valence-electron chi connectivity index (χ1n) is 11.4. The molecule has 4 rings (SSSR count). The molecule has 0 radical (unpaired) electrons. The van der Waals surface area contributed by atoms with Crippen LogP contribution >= 0.6 is 0 Å². The van der Waals surface area contributed by atoms with Crippen LogP contribution in [0, 0.1) is 6.92 Å². The van der Waals surface area contributed by atoms with Crippen LogP contribution in [-0.2, 0) is 4.79 Å². The number of carbonyl (C=O) groups is 2. The highest BCUT2D eigenvalue weighted by Crippen LogP contribution is 2.19. The van der Waals surface area contributed by atoms with E-state index in [4.69, 9.17) is 0 Å². The van der Waals surface area contributed by atoms with Gasteiger partial charge in [0.2, 0.25) is 5.91 Å². The van der Waals surface area contributed by atoms with E-state index in [-0.39, 0.29) is 18.4 Å². The van der Waals surface area contributed by atoms with E-state index < -0.39 is 0 Å². The number of benzene rings is 2. The molecule has 174 valence electrons. The normalized spacial score (nSPS) is 13.4. The van der Waals surface area contributed by atoms with Crippen LogP contribution in [0.25, 0.3) is 11.3 Å². The number of nitrogens with zero attached hydrogens (tertiary/aromatic N) is 5. The van der Waals surface area contributed by atoms with Gasteiger partial charge in [0.05, 0.1) is 5.69 Å². The van der Waals surface area contributed by atoms with Gasteiger partial charge in [-0.1, -0.05) is 54.6 Å². The van der Waals surface area contributed by atoms with Crippen LogP contribution in [-0.4, -0.2) is 71.1 Å². The first-order chi connectivity index (χ1) is 16.6. The summed E-state index contributed by atoms with van der Waals surface area (Å²) in [4.78, 5) is 31.5. The van der Waals surface area contributed by atoms with Gasteiger partial charge in [0.25, 0.3) is 5.91 Å². The quantitative estimate of drug-likeness (QED) is 0.511. The number of aromatic nitrogens is 2. The van der Waals surface area contributed by atoms with Crippen LogP contribution in [0.3, 0.4) is 0 Å². The molecular weight excluding hydrogens is 426 g/mol. The van der Waals surface area contributed by atoms with Crippen molar-refractivity contribution in [3.05, 3.63) is 90.5 Å². The van der Waals surface area contributed by atoms with Crippen molar-refractivity contribution < 1.29 is 9.59 Å². The van der Waals surface area contributed by atoms with Gasteiger partial charge in [0.1, 0.15) is 6.54 Å². The van der Waals surface area contributed by atoms with Gasteiger partial charge in [-0.3, -0.25) is 9.59 Å². The molecule has 1 saturated heterocycles. The third kappa shape index (κ3) is 5.31. The monoisotopic (exact) mass is 455 g/mol. The summed E-state index contributed by atoms with van der Waals surface area (Å²) >= 11 is 0. The second kappa shape index (κ2) is 10.7. The standard InChI is InChI=1S/C27H29N5O2/c1-3-15-32(27(34)23-12-8-7-9-21(23)2)20-26(33)31-18-16-30(17-19-31)25-14-13-24(28-29-25)22-10-5-4-6-11-22/h3-14H,1,15-20H2,2H3. The van der Waals surface area contributed by atoms with Crippen LogP contribution in [0.5, 0.6) is 0 Å². The molecule has 0 unspecified atom stereocenters. The van der Waals surface area contributed by atoms with Crippen molar-refractivity contribution >= 4 is 17.6 Å².